The summed E-state index contributed by atoms with van der Waals surface area (Å²) in [6, 6.07) is 13.0. The summed E-state index contributed by atoms with van der Waals surface area (Å²) < 4.78 is 19.2. The molecule has 7 rings (SSSR count). The van der Waals surface area contributed by atoms with Gasteiger partial charge in [0.05, 0.1) is 6.61 Å². The highest BCUT2D eigenvalue weighted by molar-refractivity contribution is 5.90. The summed E-state index contributed by atoms with van der Waals surface area (Å²) in [6.07, 6.45) is -0.312. The van der Waals surface area contributed by atoms with Gasteiger partial charge in [-0.3, -0.25) is 9.59 Å². The zero-order chi connectivity index (χ0) is 32.5. The molecule has 0 radical (unpaired) electrons. The van der Waals surface area contributed by atoms with Gasteiger partial charge in [-0.1, -0.05) is 65.0 Å². The van der Waals surface area contributed by atoms with Crippen LogP contribution in [0.2, 0.25) is 0 Å². The number of hydrogen-bond acceptors (Lipinski definition) is 10. The molecule has 4 aromatic rings. The Hall–Kier alpha value is -4.48. The summed E-state index contributed by atoms with van der Waals surface area (Å²) in [5, 5.41) is 27.2. The summed E-state index contributed by atoms with van der Waals surface area (Å²) in [5.41, 5.74) is 2.40. The molecule has 1 amide bonds. The van der Waals surface area contributed by atoms with Gasteiger partial charge in [-0.15, -0.1) is 0 Å². The number of ether oxygens (including phenoxy) is 1. The van der Waals surface area contributed by atoms with Crippen LogP contribution in [0.15, 0.2) is 57.6 Å². The highest BCUT2D eigenvalue weighted by Crippen LogP contribution is 2.59. The third kappa shape index (κ3) is 4.63. The Labute approximate surface area is 266 Å². The van der Waals surface area contributed by atoms with Gasteiger partial charge < -0.3 is 34.4 Å². The fourth-order valence-corrected chi connectivity index (χ4v) is 6.89. The molecule has 11 nitrogen and oxygen atoms in total. The van der Waals surface area contributed by atoms with E-state index in [0.29, 0.717) is 22.9 Å². The molecular weight excluding hydrogens is 588 g/mol. The lowest BCUT2D eigenvalue weighted by Gasteiger charge is -2.29. The first-order valence-electron chi connectivity index (χ1n) is 15.7. The van der Waals surface area contributed by atoms with Gasteiger partial charge in [-0.25, -0.2) is 9.97 Å². The van der Waals surface area contributed by atoms with Crippen LogP contribution in [0.1, 0.15) is 81.1 Å². The predicted octanol–water partition coefficient (Wildman–Crippen LogP) is 4.65. The molecule has 2 aromatic carbocycles. The fraction of sp³-hybridized carbons (Fsp3) is 0.429. The van der Waals surface area contributed by atoms with Crippen molar-refractivity contribution in [2.75, 3.05) is 5.32 Å². The average molecular weight is 627 g/mol. The molecule has 5 atom stereocenters. The molecule has 5 heterocycles. The maximum absolute atomic E-state index is 14.0. The lowest BCUT2D eigenvalue weighted by molar-refractivity contribution is -0.137. The molecule has 2 aromatic heterocycles. The van der Waals surface area contributed by atoms with Crippen molar-refractivity contribution in [3.05, 3.63) is 82.8 Å². The number of hydrogen-bond donors (Lipinski definition) is 4. The summed E-state index contributed by atoms with van der Waals surface area (Å²) in [5.74, 6) is -0.159. The van der Waals surface area contributed by atoms with E-state index >= 15 is 0 Å². The highest BCUT2D eigenvalue weighted by atomic mass is 16.5. The van der Waals surface area contributed by atoms with Crippen molar-refractivity contribution in [2.24, 2.45) is 17.3 Å². The number of aliphatic hydroxyl groups excluding tert-OH is 2. The molecule has 2 unspecified atom stereocenters. The number of oxazole rings is 2. The molecule has 3 aliphatic heterocycles. The number of Topliss-reactive ketones (excluding diaryl/α,β-unsaturated/α-hetero) is 1. The van der Waals surface area contributed by atoms with E-state index in [0.717, 1.165) is 22.4 Å². The van der Waals surface area contributed by atoms with Crippen LogP contribution in [0.25, 0.3) is 11.6 Å². The van der Waals surface area contributed by atoms with E-state index in [1.807, 2.05) is 56.3 Å². The quantitative estimate of drug-likeness (QED) is 0.237. The number of amides is 1. The summed E-state index contributed by atoms with van der Waals surface area (Å²) in [4.78, 5) is 36.8. The average Bonchev–Trinajstić information content (AvgIpc) is 3.78. The molecule has 11 heteroatoms. The SMILES string of the molecule is CC(C)[C@@H]1NC(=O)C(CC(=O)[C@@H](O)C(C)(C)C)Cc2ccc3c(c2)C2(c4ccccc4N[C@H]2O3)c2oc1nc2-c1nc(CO)co1. The number of ketones is 1. The summed E-state index contributed by atoms with van der Waals surface area (Å²) in [7, 11) is 0. The van der Waals surface area contributed by atoms with Crippen LogP contribution < -0.4 is 15.4 Å². The molecule has 4 N–H and O–H groups in total. The van der Waals surface area contributed by atoms with Gasteiger partial charge in [-0.2, -0.15) is 0 Å². The first-order valence-corrected chi connectivity index (χ1v) is 15.7. The number of para-hydroxylation sites is 1. The van der Waals surface area contributed by atoms with Gasteiger partial charge in [0.15, 0.2) is 23.5 Å². The minimum Gasteiger partial charge on any atom is -0.469 e. The number of carbonyl (C=O) groups is 2. The van der Waals surface area contributed by atoms with Crippen molar-refractivity contribution in [2.45, 2.75) is 77.9 Å². The fourth-order valence-electron chi connectivity index (χ4n) is 6.89. The van der Waals surface area contributed by atoms with E-state index in [-0.39, 0.29) is 48.8 Å². The van der Waals surface area contributed by atoms with Crippen LogP contribution in [0.3, 0.4) is 0 Å². The molecule has 240 valence electrons. The number of carbonyl (C=O) groups excluding carboxylic acids is 2. The Morgan fingerprint density at radius 3 is 2.61 bits per heavy atom. The largest absolute Gasteiger partial charge is 0.469 e. The van der Waals surface area contributed by atoms with Crippen LogP contribution in [0, 0.1) is 17.3 Å². The van der Waals surface area contributed by atoms with Crippen molar-refractivity contribution < 1.29 is 33.4 Å². The number of nitrogens with one attached hydrogen (secondary N) is 2. The number of benzene rings is 2. The maximum Gasteiger partial charge on any atom is 0.249 e. The van der Waals surface area contributed by atoms with Crippen LogP contribution in [-0.2, 0) is 28.0 Å². The normalized spacial score (nSPS) is 23.8. The standard InChI is InChI=1S/C35H38N4O7/c1-17(2)26-32-39-27(31-36-20(15-40)16-44-31)29(46-32)35-21-8-6-7-9-23(21)37-33(35)45-25-11-10-18(13-22(25)35)12-19(30(43)38-26)14-24(41)28(42)34(3,4)5/h6-11,13,16-17,19,26,28,33,37,40,42H,12,14-15H2,1-5H3,(H,38,43)/t19?,26-,28+,33-,35?/m0/s1. The molecule has 0 aliphatic carbocycles. The van der Waals surface area contributed by atoms with E-state index in [1.54, 1.807) is 20.8 Å². The number of aliphatic hydroxyl groups is 2. The Morgan fingerprint density at radius 2 is 1.89 bits per heavy atom. The number of aromatic nitrogens is 2. The molecular formula is C35H38N4O7. The smallest absolute Gasteiger partial charge is 0.249 e. The van der Waals surface area contributed by atoms with E-state index in [2.05, 4.69) is 15.6 Å². The second-order valence-electron chi connectivity index (χ2n) is 13.9. The lowest BCUT2D eigenvalue weighted by Crippen LogP contribution is -2.41. The third-order valence-electron chi connectivity index (χ3n) is 9.32. The second kappa shape index (κ2) is 10.8. The molecule has 0 fully saturated rings. The van der Waals surface area contributed by atoms with Crippen LogP contribution in [0.5, 0.6) is 5.75 Å². The highest BCUT2D eigenvalue weighted by Gasteiger charge is 2.61. The van der Waals surface area contributed by atoms with E-state index in [9.17, 15) is 19.8 Å². The number of anilines is 1. The number of rotatable bonds is 6. The molecule has 1 spiro atoms. The second-order valence-corrected chi connectivity index (χ2v) is 13.9. The summed E-state index contributed by atoms with van der Waals surface area (Å²) in [6.45, 7) is 8.97. The molecule has 0 saturated carbocycles. The Morgan fingerprint density at radius 1 is 1.11 bits per heavy atom. The van der Waals surface area contributed by atoms with Crippen molar-refractivity contribution in [3.8, 4) is 17.3 Å². The third-order valence-corrected chi connectivity index (χ3v) is 9.32. The van der Waals surface area contributed by atoms with Crippen molar-refractivity contribution in [3.63, 3.8) is 0 Å². The molecule has 3 aliphatic rings. The topological polar surface area (TPSA) is 160 Å². The minimum absolute atomic E-state index is 0.136. The minimum atomic E-state index is -1.22. The van der Waals surface area contributed by atoms with E-state index in [1.165, 1.54) is 6.26 Å². The maximum atomic E-state index is 14.0. The monoisotopic (exact) mass is 626 g/mol. The Bertz CT molecular complexity index is 1840. The first-order chi connectivity index (χ1) is 21.9. The zero-order valence-corrected chi connectivity index (χ0v) is 26.5. The zero-order valence-electron chi connectivity index (χ0n) is 26.5. The van der Waals surface area contributed by atoms with Gasteiger partial charge in [0.1, 0.15) is 35.3 Å². The van der Waals surface area contributed by atoms with E-state index < -0.39 is 35.1 Å². The van der Waals surface area contributed by atoms with Gasteiger partial charge in [0.2, 0.25) is 17.7 Å². The van der Waals surface area contributed by atoms with Gasteiger partial charge in [0.25, 0.3) is 0 Å². The lowest BCUT2D eigenvalue weighted by atomic mass is 9.72. The molecule has 4 bridgehead atoms. The van der Waals surface area contributed by atoms with Crippen molar-refractivity contribution in [1.82, 2.24) is 15.3 Å². The number of nitrogens with zero attached hydrogens (tertiary/aromatic N) is 2. The van der Waals surface area contributed by atoms with Crippen LogP contribution in [0.4, 0.5) is 5.69 Å². The van der Waals surface area contributed by atoms with Crippen LogP contribution >= 0.6 is 0 Å². The Balaban J connectivity index is 1.47. The predicted molar refractivity (Wildman–Crippen MR) is 167 cm³/mol. The van der Waals surface area contributed by atoms with Crippen molar-refractivity contribution in [1.29, 1.82) is 0 Å². The van der Waals surface area contributed by atoms with Gasteiger partial charge in [0, 0.05) is 23.6 Å². The number of fused-ring (bicyclic) bond motifs is 4. The summed E-state index contributed by atoms with van der Waals surface area (Å²) >= 11 is 0. The van der Waals surface area contributed by atoms with Crippen LogP contribution in [-0.4, -0.2) is 44.2 Å². The van der Waals surface area contributed by atoms with E-state index in [4.69, 9.17) is 18.6 Å². The molecule has 46 heavy (non-hydrogen) atoms. The molecule has 0 saturated heterocycles. The van der Waals surface area contributed by atoms with Gasteiger partial charge in [-0.05, 0) is 41.0 Å². The van der Waals surface area contributed by atoms with Gasteiger partial charge >= 0.3 is 0 Å². The first kappa shape index (κ1) is 30.2. The van der Waals surface area contributed by atoms with Crippen molar-refractivity contribution >= 4 is 17.4 Å². The Kier molecular flexibility index (Phi) is 7.09.